The van der Waals surface area contributed by atoms with Crippen molar-refractivity contribution in [3.8, 4) is 5.75 Å². The second-order valence-electron chi connectivity index (χ2n) is 2.68. The van der Waals surface area contributed by atoms with Gasteiger partial charge in [0.05, 0.1) is 13.3 Å². The van der Waals surface area contributed by atoms with Gasteiger partial charge < -0.3 is 4.74 Å². The van der Waals surface area contributed by atoms with Gasteiger partial charge in [0.25, 0.3) is 0 Å². The Balaban J connectivity index is 2.80. The lowest BCUT2D eigenvalue weighted by atomic mass is 10.3. The van der Waals surface area contributed by atoms with E-state index in [0.717, 1.165) is 17.0 Å². The second kappa shape index (κ2) is 2.52. The van der Waals surface area contributed by atoms with Gasteiger partial charge in [0.15, 0.2) is 5.75 Å². The van der Waals surface area contributed by atoms with Gasteiger partial charge in [-0.05, 0) is 19.1 Å². The van der Waals surface area contributed by atoms with E-state index < -0.39 is 0 Å². The first kappa shape index (κ1) is 7.16. The number of aryl methyl sites for hydroxylation is 1. The van der Waals surface area contributed by atoms with Crippen LogP contribution in [0.15, 0.2) is 24.4 Å². The molecule has 62 valence electrons. The molecule has 0 aromatic carbocycles. The Labute approximate surface area is 70.6 Å². The molecule has 0 aliphatic rings. The molecule has 2 rings (SSSR count). The van der Waals surface area contributed by atoms with Crippen LogP contribution < -0.4 is 4.74 Å². The Morgan fingerprint density at radius 1 is 1.42 bits per heavy atom. The number of aromatic nitrogens is 2. The maximum absolute atomic E-state index is 5.14. The minimum Gasteiger partial charge on any atom is -0.493 e. The Kier molecular flexibility index (Phi) is 1.50. The van der Waals surface area contributed by atoms with Crippen LogP contribution in [0.5, 0.6) is 5.75 Å². The molecule has 0 fully saturated rings. The van der Waals surface area contributed by atoms with Crippen molar-refractivity contribution in [2.24, 2.45) is 0 Å². The highest BCUT2D eigenvalue weighted by molar-refractivity contribution is 5.59. The summed E-state index contributed by atoms with van der Waals surface area (Å²) in [5, 5.41) is 4.18. The normalized spacial score (nSPS) is 10.5. The van der Waals surface area contributed by atoms with Gasteiger partial charge in [0.1, 0.15) is 5.52 Å². The average Bonchev–Trinajstić information content (AvgIpc) is 2.49. The highest BCUT2D eigenvalue weighted by atomic mass is 16.5. The number of hydrogen-bond acceptors (Lipinski definition) is 2. The summed E-state index contributed by atoms with van der Waals surface area (Å²) < 4.78 is 7.00. The van der Waals surface area contributed by atoms with Crippen molar-refractivity contribution < 1.29 is 4.74 Å². The molecule has 2 aromatic rings. The molecule has 0 radical (unpaired) electrons. The van der Waals surface area contributed by atoms with Gasteiger partial charge in [-0.15, -0.1) is 0 Å². The van der Waals surface area contributed by atoms with Crippen molar-refractivity contribution in [3.05, 3.63) is 30.1 Å². The molecule has 0 saturated carbocycles. The first-order chi connectivity index (χ1) is 5.83. The fourth-order valence-electron chi connectivity index (χ4n) is 1.28. The largest absolute Gasteiger partial charge is 0.493 e. The summed E-state index contributed by atoms with van der Waals surface area (Å²) in [6.45, 7) is 2.01. The molecule has 0 atom stereocenters. The van der Waals surface area contributed by atoms with Gasteiger partial charge in [-0.25, -0.2) is 4.52 Å². The minimum atomic E-state index is 0.818. The van der Waals surface area contributed by atoms with Crippen LogP contribution in [-0.2, 0) is 0 Å². The fourth-order valence-corrected chi connectivity index (χ4v) is 1.28. The maximum atomic E-state index is 5.14. The van der Waals surface area contributed by atoms with Crippen molar-refractivity contribution in [2.75, 3.05) is 7.11 Å². The lowest BCUT2D eigenvalue weighted by Crippen LogP contribution is -1.91. The van der Waals surface area contributed by atoms with E-state index in [2.05, 4.69) is 5.10 Å². The summed E-state index contributed by atoms with van der Waals surface area (Å²) in [4.78, 5) is 0. The molecule has 0 N–H and O–H groups in total. The Morgan fingerprint density at radius 3 is 3.00 bits per heavy atom. The van der Waals surface area contributed by atoms with Gasteiger partial charge >= 0.3 is 0 Å². The average molecular weight is 162 g/mol. The summed E-state index contributed by atoms with van der Waals surface area (Å²) in [5.41, 5.74) is 2.12. The standard InChI is InChI=1S/C9H10N2O/c1-7-4-3-5-8-9(12-2)6-10-11(7)8/h3-6H,1-2H3. The molecule has 3 nitrogen and oxygen atoms in total. The van der Waals surface area contributed by atoms with Crippen LogP contribution in [-0.4, -0.2) is 16.7 Å². The Hall–Kier alpha value is -1.51. The second-order valence-corrected chi connectivity index (χ2v) is 2.68. The van der Waals surface area contributed by atoms with Gasteiger partial charge in [0.2, 0.25) is 0 Å². The van der Waals surface area contributed by atoms with Crippen molar-refractivity contribution in [1.29, 1.82) is 0 Å². The van der Waals surface area contributed by atoms with E-state index in [1.165, 1.54) is 0 Å². The molecule has 0 spiro atoms. The van der Waals surface area contributed by atoms with E-state index in [4.69, 9.17) is 4.74 Å². The number of hydrogen-bond donors (Lipinski definition) is 0. The summed E-state index contributed by atoms with van der Waals surface area (Å²) >= 11 is 0. The van der Waals surface area contributed by atoms with Crippen LogP contribution in [0.2, 0.25) is 0 Å². The molecule has 0 amide bonds. The highest BCUT2D eigenvalue weighted by Gasteiger charge is 2.03. The zero-order chi connectivity index (χ0) is 8.55. The smallest absolute Gasteiger partial charge is 0.164 e. The van der Waals surface area contributed by atoms with Crippen LogP contribution in [0.3, 0.4) is 0 Å². The quantitative estimate of drug-likeness (QED) is 0.637. The third-order valence-electron chi connectivity index (χ3n) is 1.92. The molecule has 12 heavy (non-hydrogen) atoms. The zero-order valence-corrected chi connectivity index (χ0v) is 7.11. The van der Waals surface area contributed by atoms with Crippen molar-refractivity contribution in [2.45, 2.75) is 6.92 Å². The predicted octanol–water partition coefficient (Wildman–Crippen LogP) is 1.65. The van der Waals surface area contributed by atoms with Crippen LogP contribution in [0.4, 0.5) is 0 Å². The topological polar surface area (TPSA) is 26.5 Å². The van der Waals surface area contributed by atoms with Gasteiger partial charge in [0, 0.05) is 5.69 Å². The maximum Gasteiger partial charge on any atom is 0.164 e. The Bertz CT molecular complexity index is 406. The van der Waals surface area contributed by atoms with Crippen LogP contribution in [0, 0.1) is 6.92 Å². The number of fused-ring (bicyclic) bond motifs is 1. The summed E-state index contributed by atoms with van der Waals surface area (Å²) in [5.74, 6) is 0.818. The molecule has 2 heterocycles. The lowest BCUT2D eigenvalue weighted by molar-refractivity contribution is 0.419. The van der Waals surface area contributed by atoms with E-state index in [1.54, 1.807) is 13.3 Å². The monoisotopic (exact) mass is 162 g/mol. The van der Waals surface area contributed by atoms with Crippen LogP contribution >= 0.6 is 0 Å². The molecule has 0 saturated heterocycles. The first-order valence-corrected chi connectivity index (χ1v) is 3.80. The predicted molar refractivity (Wildman–Crippen MR) is 46.5 cm³/mol. The first-order valence-electron chi connectivity index (χ1n) is 3.80. The van der Waals surface area contributed by atoms with Gasteiger partial charge in [-0.2, -0.15) is 5.10 Å². The van der Waals surface area contributed by atoms with E-state index in [9.17, 15) is 0 Å². The number of methoxy groups -OCH3 is 1. The van der Waals surface area contributed by atoms with Crippen molar-refractivity contribution in [1.82, 2.24) is 9.61 Å². The summed E-state index contributed by atoms with van der Waals surface area (Å²) in [7, 11) is 1.65. The SMILES string of the molecule is COc1cnn2c(C)cccc12. The van der Waals surface area contributed by atoms with Crippen LogP contribution in [0.25, 0.3) is 5.52 Å². The molecule has 0 aliphatic heterocycles. The molecule has 0 aliphatic carbocycles. The lowest BCUT2D eigenvalue weighted by Gasteiger charge is -1.98. The molecular formula is C9H10N2O. The number of pyridine rings is 1. The molecule has 2 aromatic heterocycles. The highest BCUT2D eigenvalue weighted by Crippen LogP contribution is 2.18. The zero-order valence-electron chi connectivity index (χ0n) is 7.11. The number of rotatable bonds is 1. The number of nitrogens with zero attached hydrogens (tertiary/aromatic N) is 2. The van der Waals surface area contributed by atoms with Crippen LogP contribution in [0.1, 0.15) is 5.69 Å². The van der Waals surface area contributed by atoms with Gasteiger partial charge in [-0.1, -0.05) is 6.07 Å². The minimum absolute atomic E-state index is 0.818. The van der Waals surface area contributed by atoms with E-state index in [-0.39, 0.29) is 0 Å². The van der Waals surface area contributed by atoms with E-state index in [0.29, 0.717) is 0 Å². The summed E-state index contributed by atoms with van der Waals surface area (Å²) in [6.07, 6.45) is 1.72. The van der Waals surface area contributed by atoms with Crippen molar-refractivity contribution >= 4 is 5.52 Å². The molecule has 0 unspecified atom stereocenters. The van der Waals surface area contributed by atoms with E-state index >= 15 is 0 Å². The third kappa shape index (κ3) is 0.863. The van der Waals surface area contributed by atoms with Crippen molar-refractivity contribution in [3.63, 3.8) is 0 Å². The third-order valence-corrected chi connectivity index (χ3v) is 1.92. The molecule has 0 bridgehead atoms. The fraction of sp³-hybridized carbons (Fsp3) is 0.222. The van der Waals surface area contributed by atoms with E-state index in [1.807, 2.05) is 29.6 Å². The Morgan fingerprint density at radius 2 is 2.25 bits per heavy atom. The summed E-state index contributed by atoms with van der Waals surface area (Å²) in [6, 6.07) is 5.99. The molecular weight excluding hydrogens is 152 g/mol. The molecule has 3 heteroatoms. The number of ether oxygens (including phenoxy) is 1. The van der Waals surface area contributed by atoms with Gasteiger partial charge in [-0.3, -0.25) is 0 Å².